The number of nitrogens with one attached hydrogen (secondary N) is 2. The smallest absolute Gasteiger partial charge is 0.328 e. The van der Waals surface area contributed by atoms with E-state index in [1.165, 1.54) is 13.0 Å². The third-order valence-electron chi connectivity index (χ3n) is 3.06. The fraction of sp³-hybridized carbons (Fsp3) is 0.357. The number of nitrogens with zero attached hydrogens (tertiary/aromatic N) is 1. The van der Waals surface area contributed by atoms with Gasteiger partial charge in [0.05, 0.1) is 4.90 Å². The topological polar surface area (TPSA) is 114 Å². The van der Waals surface area contributed by atoms with E-state index < -0.39 is 34.5 Å². The molecule has 0 spiro atoms. The van der Waals surface area contributed by atoms with E-state index in [4.69, 9.17) is 4.74 Å². The maximum Gasteiger partial charge on any atom is 0.328 e. The molecule has 124 valence electrons. The second-order valence-corrected chi connectivity index (χ2v) is 6.44. The van der Waals surface area contributed by atoms with Gasteiger partial charge in [-0.15, -0.1) is 0 Å². The van der Waals surface area contributed by atoms with Crippen LogP contribution in [0.3, 0.4) is 0 Å². The first-order chi connectivity index (χ1) is 10.8. The minimum Gasteiger partial charge on any atom is -0.451 e. The number of aliphatic imine (C=N–C) groups is 1. The Hall–Kier alpha value is -2.42. The molecule has 0 radical (unpaired) electrons. The van der Waals surface area contributed by atoms with Crippen molar-refractivity contribution in [3.63, 3.8) is 0 Å². The number of benzene rings is 1. The van der Waals surface area contributed by atoms with Gasteiger partial charge in [-0.1, -0.05) is 12.1 Å². The molecule has 1 aliphatic rings. The molecule has 0 saturated carbocycles. The first kappa shape index (κ1) is 16.9. The van der Waals surface area contributed by atoms with Gasteiger partial charge in [-0.05, 0) is 26.0 Å². The Morgan fingerprint density at radius 3 is 2.74 bits per heavy atom. The number of hydrogen-bond donors (Lipinski definition) is 2. The Labute approximate surface area is 134 Å². The van der Waals surface area contributed by atoms with Crippen molar-refractivity contribution in [2.75, 3.05) is 13.1 Å². The van der Waals surface area contributed by atoms with Crippen molar-refractivity contribution in [1.82, 2.24) is 10.0 Å². The van der Waals surface area contributed by atoms with Crippen molar-refractivity contribution in [2.24, 2.45) is 4.99 Å². The Morgan fingerprint density at radius 1 is 1.35 bits per heavy atom. The minimum atomic E-state index is -3.64. The highest BCUT2D eigenvalue weighted by Crippen LogP contribution is 2.21. The highest BCUT2D eigenvalue weighted by Gasteiger charge is 2.30. The second kappa shape index (κ2) is 6.78. The quantitative estimate of drug-likeness (QED) is 0.721. The summed E-state index contributed by atoms with van der Waals surface area (Å²) in [5.74, 6) is -1.04. The largest absolute Gasteiger partial charge is 0.451 e. The molecule has 0 unspecified atom stereocenters. The highest BCUT2D eigenvalue weighted by atomic mass is 32.2. The molecule has 23 heavy (non-hydrogen) atoms. The van der Waals surface area contributed by atoms with E-state index in [1.807, 2.05) is 0 Å². The van der Waals surface area contributed by atoms with E-state index in [0.29, 0.717) is 12.1 Å². The van der Waals surface area contributed by atoms with Gasteiger partial charge >= 0.3 is 5.97 Å². The molecule has 1 amide bonds. The molecule has 1 aromatic rings. The number of esters is 1. The number of sulfonamides is 1. The maximum absolute atomic E-state index is 11.9. The molecule has 0 aromatic heterocycles. The zero-order valence-corrected chi connectivity index (χ0v) is 13.5. The van der Waals surface area contributed by atoms with Crippen molar-refractivity contribution in [3.8, 4) is 0 Å². The third kappa shape index (κ3) is 3.86. The van der Waals surface area contributed by atoms with E-state index in [9.17, 15) is 18.0 Å². The summed E-state index contributed by atoms with van der Waals surface area (Å²) < 4.78 is 31.0. The van der Waals surface area contributed by atoms with Gasteiger partial charge in [-0.3, -0.25) is 19.3 Å². The Bertz CT molecular complexity index is 757. The lowest BCUT2D eigenvalue weighted by atomic mass is 10.2. The summed E-state index contributed by atoms with van der Waals surface area (Å²) >= 11 is 0. The number of carbonyl (C=O) groups is 2. The van der Waals surface area contributed by atoms with Crippen molar-refractivity contribution < 1.29 is 22.7 Å². The lowest BCUT2D eigenvalue weighted by molar-refractivity contribution is -0.153. The van der Waals surface area contributed by atoms with Crippen LogP contribution in [0.1, 0.15) is 19.4 Å². The van der Waals surface area contributed by atoms with Crippen LogP contribution in [0.4, 0.5) is 0 Å². The number of fused-ring (bicyclic) bond motifs is 1. The summed E-state index contributed by atoms with van der Waals surface area (Å²) in [5.41, 5.74) is 0.400. The van der Waals surface area contributed by atoms with Crippen LogP contribution in [0.25, 0.3) is 0 Å². The molecule has 2 rings (SSSR count). The third-order valence-corrected chi connectivity index (χ3v) is 4.45. The minimum absolute atomic E-state index is 0.0863. The van der Waals surface area contributed by atoms with E-state index in [-0.39, 0.29) is 10.7 Å². The Kier molecular flexibility index (Phi) is 4.99. The van der Waals surface area contributed by atoms with Gasteiger partial charge in [0, 0.05) is 12.1 Å². The van der Waals surface area contributed by atoms with E-state index in [2.05, 4.69) is 15.0 Å². The zero-order valence-electron chi connectivity index (χ0n) is 12.7. The molecule has 0 fully saturated rings. The standard InChI is InChI=1S/C14H17N3O5S/c1-3-15-14(19)9(2)22-12(18)8-16-13-10-6-4-5-7-11(10)23(20,21)17-13/h4-7,9H,3,8H2,1-2H3,(H,15,19)(H,16,17)/t9-/m0/s1. The molecule has 0 saturated heterocycles. The molecule has 1 atom stereocenters. The first-order valence-corrected chi connectivity index (χ1v) is 8.47. The first-order valence-electron chi connectivity index (χ1n) is 6.99. The van der Waals surface area contributed by atoms with Gasteiger partial charge in [0.15, 0.2) is 6.10 Å². The second-order valence-electron chi connectivity index (χ2n) is 4.79. The van der Waals surface area contributed by atoms with Crippen LogP contribution in [0.2, 0.25) is 0 Å². The summed E-state index contributed by atoms with van der Waals surface area (Å²) in [6.45, 7) is 3.24. The van der Waals surface area contributed by atoms with Crippen molar-refractivity contribution in [1.29, 1.82) is 0 Å². The van der Waals surface area contributed by atoms with Crippen LogP contribution in [0, 0.1) is 0 Å². The number of likely N-dealkylation sites (N-methyl/N-ethyl adjacent to an activating group) is 1. The fourth-order valence-corrected chi connectivity index (χ4v) is 3.25. The Balaban J connectivity index is 2.04. The van der Waals surface area contributed by atoms with Gasteiger partial charge < -0.3 is 10.1 Å². The lowest BCUT2D eigenvalue weighted by Crippen LogP contribution is -2.36. The molecule has 0 bridgehead atoms. The van der Waals surface area contributed by atoms with Crippen LogP contribution < -0.4 is 10.0 Å². The molecule has 1 heterocycles. The van der Waals surface area contributed by atoms with Gasteiger partial charge in [0.25, 0.3) is 15.9 Å². The predicted molar refractivity (Wildman–Crippen MR) is 82.4 cm³/mol. The lowest BCUT2D eigenvalue weighted by Gasteiger charge is -2.11. The maximum atomic E-state index is 11.9. The van der Waals surface area contributed by atoms with E-state index >= 15 is 0 Å². The molecule has 2 N–H and O–H groups in total. The zero-order chi connectivity index (χ0) is 17.0. The van der Waals surface area contributed by atoms with Crippen molar-refractivity contribution >= 4 is 27.7 Å². The van der Waals surface area contributed by atoms with E-state index in [0.717, 1.165) is 0 Å². The number of amides is 1. The van der Waals surface area contributed by atoms with Gasteiger partial charge in [-0.2, -0.15) is 0 Å². The highest BCUT2D eigenvalue weighted by molar-refractivity contribution is 7.90. The summed E-state index contributed by atoms with van der Waals surface area (Å²) in [5, 5.41) is 2.53. The van der Waals surface area contributed by atoms with Gasteiger partial charge in [0.2, 0.25) is 0 Å². The molecule has 1 aliphatic heterocycles. The van der Waals surface area contributed by atoms with Crippen molar-refractivity contribution in [3.05, 3.63) is 29.8 Å². The van der Waals surface area contributed by atoms with E-state index in [1.54, 1.807) is 25.1 Å². The summed E-state index contributed by atoms with van der Waals surface area (Å²) in [7, 11) is -3.64. The fourth-order valence-electron chi connectivity index (χ4n) is 2.00. The van der Waals surface area contributed by atoms with Gasteiger partial charge in [-0.25, -0.2) is 8.42 Å². The van der Waals surface area contributed by atoms with Gasteiger partial charge in [0.1, 0.15) is 12.4 Å². The number of ether oxygens (including phenoxy) is 1. The number of rotatable bonds is 5. The number of amidine groups is 1. The predicted octanol–water partition coefficient (Wildman–Crippen LogP) is -0.207. The molecule has 8 nitrogen and oxygen atoms in total. The van der Waals surface area contributed by atoms with Crippen LogP contribution in [-0.2, 0) is 24.3 Å². The molecule has 9 heteroatoms. The summed E-state index contributed by atoms with van der Waals surface area (Å²) in [6, 6.07) is 6.32. The average Bonchev–Trinajstić information content (AvgIpc) is 2.77. The van der Waals surface area contributed by atoms with Crippen LogP contribution in [0.15, 0.2) is 34.2 Å². The summed E-state index contributed by atoms with van der Waals surface area (Å²) in [4.78, 5) is 27.2. The molecular weight excluding hydrogens is 322 g/mol. The normalized spacial score (nSPS) is 17.9. The Morgan fingerprint density at radius 2 is 2.04 bits per heavy atom. The van der Waals surface area contributed by atoms with Crippen LogP contribution in [-0.4, -0.2) is 45.3 Å². The van der Waals surface area contributed by atoms with Crippen LogP contribution >= 0.6 is 0 Å². The molecular formula is C14H17N3O5S. The molecule has 0 aliphatic carbocycles. The van der Waals surface area contributed by atoms with Crippen molar-refractivity contribution in [2.45, 2.75) is 24.8 Å². The average molecular weight is 339 g/mol. The monoisotopic (exact) mass is 339 g/mol. The number of carbonyl (C=O) groups excluding carboxylic acids is 2. The molecule has 1 aromatic carbocycles. The summed E-state index contributed by atoms with van der Waals surface area (Å²) in [6.07, 6.45) is -0.935. The SMILES string of the molecule is CCNC(=O)[C@H](C)OC(=O)CN=C1NS(=O)(=O)c2ccccc21. The van der Waals surface area contributed by atoms with Crippen LogP contribution in [0.5, 0.6) is 0 Å². The number of hydrogen-bond acceptors (Lipinski definition) is 6.